The average Bonchev–Trinajstić information content (AvgIpc) is 2.75. The normalized spacial score (nSPS) is 23.1. The molecule has 20 heavy (non-hydrogen) atoms. The second kappa shape index (κ2) is 7.96. The molecule has 0 bridgehead atoms. The zero-order valence-electron chi connectivity index (χ0n) is 13.5. The van der Waals surface area contributed by atoms with Crippen LogP contribution in [0, 0.1) is 0 Å². The average molecular weight is 285 g/mol. The van der Waals surface area contributed by atoms with Gasteiger partial charge in [0.2, 0.25) is 0 Å². The molecule has 1 heterocycles. The molecule has 0 spiro atoms. The minimum absolute atomic E-state index is 0.666. The van der Waals surface area contributed by atoms with Crippen LogP contribution in [0.2, 0.25) is 0 Å². The van der Waals surface area contributed by atoms with Gasteiger partial charge in [0.15, 0.2) is 0 Å². The van der Waals surface area contributed by atoms with Crippen molar-refractivity contribution in [2.75, 3.05) is 40.3 Å². The lowest BCUT2D eigenvalue weighted by atomic mass is 9.95. The van der Waals surface area contributed by atoms with E-state index in [9.17, 15) is 9.90 Å². The number of carboxylic acid groups (broad SMARTS) is 1. The highest BCUT2D eigenvalue weighted by molar-refractivity contribution is 5.78. The van der Waals surface area contributed by atoms with Crippen LogP contribution in [-0.4, -0.2) is 72.7 Å². The van der Waals surface area contributed by atoms with Crippen LogP contribution in [0.5, 0.6) is 0 Å². The van der Waals surface area contributed by atoms with Gasteiger partial charge in [-0.1, -0.05) is 6.92 Å². The molecule has 0 aromatic heterocycles. The third-order valence-electron chi connectivity index (χ3n) is 4.45. The van der Waals surface area contributed by atoms with Gasteiger partial charge in [0.25, 0.3) is 0 Å². The number of aliphatic carboxylic acids is 1. The van der Waals surface area contributed by atoms with E-state index in [0.717, 1.165) is 19.5 Å². The highest BCUT2D eigenvalue weighted by Crippen LogP contribution is 2.17. The fourth-order valence-electron chi connectivity index (χ4n) is 3.02. The first-order valence-corrected chi connectivity index (χ1v) is 7.76. The molecule has 2 unspecified atom stereocenters. The fourth-order valence-corrected chi connectivity index (χ4v) is 3.02. The molecule has 0 aromatic carbocycles. The zero-order valence-corrected chi connectivity index (χ0v) is 13.5. The van der Waals surface area contributed by atoms with Gasteiger partial charge in [0.1, 0.15) is 5.54 Å². The van der Waals surface area contributed by atoms with Crippen molar-refractivity contribution in [3.05, 3.63) is 0 Å². The van der Waals surface area contributed by atoms with Crippen molar-refractivity contribution in [2.45, 2.75) is 51.1 Å². The Bertz CT molecular complexity index is 311. The van der Waals surface area contributed by atoms with Crippen molar-refractivity contribution in [1.29, 1.82) is 0 Å². The SMILES string of the molecule is CCNC(C)(CCCN(C)CC1CCCN1C)C(=O)O. The molecule has 0 radical (unpaired) electrons. The van der Waals surface area contributed by atoms with Gasteiger partial charge < -0.3 is 20.2 Å². The van der Waals surface area contributed by atoms with Gasteiger partial charge in [0.05, 0.1) is 0 Å². The molecule has 0 amide bonds. The van der Waals surface area contributed by atoms with Gasteiger partial charge in [-0.2, -0.15) is 0 Å². The predicted octanol–water partition coefficient (Wildman–Crippen LogP) is 1.25. The molecule has 0 aliphatic carbocycles. The van der Waals surface area contributed by atoms with Gasteiger partial charge >= 0.3 is 5.97 Å². The Hall–Kier alpha value is -0.650. The van der Waals surface area contributed by atoms with Crippen LogP contribution in [0.1, 0.15) is 39.5 Å². The van der Waals surface area contributed by atoms with Crippen LogP contribution in [0.25, 0.3) is 0 Å². The Kier molecular flexibility index (Phi) is 6.92. The number of carbonyl (C=O) groups is 1. The lowest BCUT2D eigenvalue weighted by molar-refractivity contribution is -0.144. The van der Waals surface area contributed by atoms with Crippen LogP contribution in [0.4, 0.5) is 0 Å². The van der Waals surface area contributed by atoms with E-state index in [1.165, 1.54) is 19.4 Å². The number of likely N-dealkylation sites (N-methyl/N-ethyl adjacent to an activating group) is 3. The molecule has 1 saturated heterocycles. The highest BCUT2D eigenvalue weighted by atomic mass is 16.4. The van der Waals surface area contributed by atoms with Crippen molar-refractivity contribution in [2.24, 2.45) is 0 Å². The van der Waals surface area contributed by atoms with Gasteiger partial charge in [-0.25, -0.2) is 0 Å². The molecule has 1 aliphatic rings. The van der Waals surface area contributed by atoms with Gasteiger partial charge in [-0.05, 0) is 66.3 Å². The molecule has 1 aliphatic heterocycles. The van der Waals surface area contributed by atoms with Crippen molar-refractivity contribution in [3.8, 4) is 0 Å². The number of carboxylic acids is 1. The van der Waals surface area contributed by atoms with E-state index < -0.39 is 11.5 Å². The predicted molar refractivity (Wildman–Crippen MR) is 82.1 cm³/mol. The number of likely N-dealkylation sites (tertiary alicyclic amines) is 1. The molecule has 118 valence electrons. The van der Waals surface area contributed by atoms with E-state index in [4.69, 9.17) is 0 Å². The molecule has 2 atom stereocenters. The van der Waals surface area contributed by atoms with Crippen LogP contribution >= 0.6 is 0 Å². The van der Waals surface area contributed by atoms with Gasteiger partial charge in [-0.3, -0.25) is 4.79 Å². The van der Waals surface area contributed by atoms with Crippen molar-refractivity contribution < 1.29 is 9.90 Å². The van der Waals surface area contributed by atoms with E-state index in [0.29, 0.717) is 19.0 Å². The second-order valence-electron chi connectivity index (χ2n) is 6.31. The highest BCUT2D eigenvalue weighted by Gasteiger charge is 2.31. The van der Waals surface area contributed by atoms with Crippen LogP contribution < -0.4 is 5.32 Å². The Labute approximate surface area is 123 Å². The smallest absolute Gasteiger partial charge is 0.323 e. The largest absolute Gasteiger partial charge is 0.480 e. The van der Waals surface area contributed by atoms with Crippen LogP contribution in [0.3, 0.4) is 0 Å². The summed E-state index contributed by atoms with van der Waals surface area (Å²) in [5.41, 5.74) is -0.792. The van der Waals surface area contributed by atoms with Crippen molar-refractivity contribution in [1.82, 2.24) is 15.1 Å². The summed E-state index contributed by atoms with van der Waals surface area (Å²) in [6.45, 7) is 7.66. The lowest BCUT2D eigenvalue weighted by Gasteiger charge is -2.28. The summed E-state index contributed by atoms with van der Waals surface area (Å²) < 4.78 is 0. The molecule has 1 rings (SSSR count). The molecule has 0 saturated carbocycles. The maximum atomic E-state index is 11.3. The molecule has 5 nitrogen and oxygen atoms in total. The van der Waals surface area contributed by atoms with E-state index in [2.05, 4.69) is 29.2 Å². The molecular formula is C15H31N3O2. The number of rotatable bonds is 9. The van der Waals surface area contributed by atoms with Crippen molar-refractivity contribution >= 4 is 5.97 Å². The van der Waals surface area contributed by atoms with Crippen LogP contribution in [0.15, 0.2) is 0 Å². The Balaban J connectivity index is 2.29. The van der Waals surface area contributed by atoms with Crippen molar-refractivity contribution in [3.63, 3.8) is 0 Å². The third kappa shape index (κ3) is 5.04. The molecule has 0 aromatic rings. The minimum Gasteiger partial charge on any atom is -0.480 e. The zero-order chi connectivity index (χ0) is 15.2. The first-order chi connectivity index (χ1) is 9.39. The Morgan fingerprint density at radius 3 is 2.75 bits per heavy atom. The summed E-state index contributed by atoms with van der Waals surface area (Å²) in [7, 11) is 4.33. The van der Waals surface area contributed by atoms with E-state index in [1.807, 2.05) is 6.92 Å². The summed E-state index contributed by atoms with van der Waals surface area (Å²) >= 11 is 0. The Morgan fingerprint density at radius 1 is 1.55 bits per heavy atom. The molecule has 5 heteroatoms. The molecular weight excluding hydrogens is 254 g/mol. The summed E-state index contributed by atoms with van der Waals surface area (Å²) in [6.07, 6.45) is 4.15. The van der Waals surface area contributed by atoms with Crippen LogP contribution in [-0.2, 0) is 4.79 Å². The topological polar surface area (TPSA) is 55.8 Å². The lowest BCUT2D eigenvalue weighted by Crippen LogP contribution is -2.49. The number of hydrogen-bond acceptors (Lipinski definition) is 4. The maximum Gasteiger partial charge on any atom is 0.323 e. The first kappa shape index (κ1) is 17.4. The second-order valence-corrected chi connectivity index (χ2v) is 6.31. The quantitative estimate of drug-likeness (QED) is 0.668. The molecule has 1 fully saturated rings. The Morgan fingerprint density at radius 2 is 2.25 bits per heavy atom. The standard InChI is InChI=1S/C15H31N3O2/c1-5-16-15(2,14(19)20)9-7-10-17(3)12-13-8-6-11-18(13)4/h13,16H,5-12H2,1-4H3,(H,19,20). The summed E-state index contributed by atoms with van der Waals surface area (Å²) in [5.74, 6) is -0.752. The van der Waals surface area contributed by atoms with E-state index in [-0.39, 0.29) is 0 Å². The minimum atomic E-state index is -0.792. The number of hydrogen-bond donors (Lipinski definition) is 2. The van der Waals surface area contributed by atoms with Gasteiger partial charge in [-0.15, -0.1) is 0 Å². The number of nitrogens with zero attached hydrogens (tertiary/aromatic N) is 2. The summed E-state index contributed by atoms with van der Waals surface area (Å²) in [6, 6.07) is 0.666. The first-order valence-electron chi connectivity index (χ1n) is 7.76. The monoisotopic (exact) mass is 285 g/mol. The van der Waals surface area contributed by atoms with E-state index in [1.54, 1.807) is 6.92 Å². The van der Waals surface area contributed by atoms with Gasteiger partial charge in [0, 0.05) is 12.6 Å². The molecule has 2 N–H and O–H groups in total. The summed E-state index contributed by atoms with van der Waals surface area (Å²) in [5, 5.41) is 12.4. The fraction of sp³-hybridized carbons (Fsp3) is 0.933. The summed E-state index contributed by atoms with van der Waals surface area (Å²) in [4.78, 5) is 16.1. The number of nitrogens with one attached hydrogen (secondary N) is 1. The maximum absolute atomic E-state index is 11.3. The third-order valence-corrected chi connectivity index (χ3v) is 4.45. The van der Waals surface area contributed by atoms with E-state index >= 15 is 0 Å².